The highest BCUT2D eigenvalue weighted by atomic mass is 15.1. The van der Waals surface area contributed by atoms with E-state index in [9.17, 15) is 0 Å². The number of fused-ring (bicyclic) bond motifs is 3. The van der Waals surface area contributed by atoms with Crippen molar-refractivity contribution < 1.29 is 4.99 Å². The summed E-state index contributed by atoms with van der Waals surface area (Å²) in [7, 11) is 0. The zero-order valence-corrected chi connectivity index (χ0v) is 16.2. The van der Waals surface area contributed by atoms with Gasteiger partial charge < -0.3 is 4.57 Å². The number of hydrogen-bond acceptors (Lipinski definition) is 0. The first-order valence-corrected chi connectivity index (χ1v) is 10.6. The minimum Gasteiger partial charge on any atom is -0.331 e. The van der Waals surface area contributed by atoms with E-state index in [0.29, 0.717) is 12.1 Å². The van der Waals surface area contributed by atoms with E-state index in [-0.39, 0.29) is 0 Å². The quantitative estimate of drug-likeness (QED) is 0.671. The van der Waals surface area contributed by atoms with Crippen molar-refractivity contribution in [3.8, 4) is 0 Å². The highest BCUT2D eigenvalue weighted by Crippen LogP contribution is 2.36. The Hall–Kier alpha value is -2.35. The average Bonchev–Trinajstić information content (AvgIpc) is 3.03. The normalized spacial score (nSPS) is 25.2. The summed E-state index contributed by atoms with van der Waals surface area (Å²) < 4.78 is 2.64. The zero-order valence-electron chi connectivity index (χ0n) is 16.2. The standard InChI is InChI=1S/C25H28N2/c1-18-9-8-10-19(17-18)26-22-13-4-7-16-25(22)27-23-14-5-2-11-20(23)21-12-3-6-15-24(21)27/h2-3,5-6,11-12,14-15,17,22,25H,4,7-10,13,16H2,1H3/p+1/t22-,25-/m0/s1. The zero-order chi connectivity index (χ0) is 18.2. The molecule has 2 aliphatic rings. The molecule has 1 fully saturated rings. The number of benzene rings is 2. The van der Waals surface area contributed by atoms with Gasteiger partial charge in [0.05, 0.1) is 6.04 Å². The Labute approximate surface area is 161 Å². The van der Waals surface area contributed by atoms with Gasteiger partial charge in [0.1, 0.15) is 0 Å². The molecule has 27 heavy (non-hydrogen) atoms. The molecule has 0 radical (unpaired) electrons. The number of para-hydroxylation sites is 2. The Bertz CT molecular complexity index is 984. The van der Waals surface area contributed by atoms with Gasteiger partial charge in [-0.2, -0.15) is 0 Å². The molecule has 1 saturated carbocycles. The van der Waals surface area contributed by atoms with Gasteiger partial charge >= 0.3 is 0 Å². The third-order valence-electron chi connectivity index (χ3n) is 6.49. The van der Waals surface area contributed by atoms with Crippen molar-refractivity contribution in [1.29, 1.82) is 0 Å². The molecule has 2 nitrogen and oxygen atoms in total. The lowest BCUT2D eigenvalue weighted by Gasteiger charge is -2.28. The highest BCUT2D eigenvalue weighted by molar-refractivity contribution is 6.08. The lowest BCUT2D eigenvalue weighted by molar-refractivity contribution is -0.515. The fraction of sp³-hybridized carbons (Fsp3) is 0.400. The van der Waals surface area contributed by atoms with Crippen LogP contribution in [0.25, 0.3) is 21.8 Å². The molecule has 0 unspecified atom stereocenters. The number of rotatable bonds is 2. The van der Waals surface area contributed by atoms with Gasteiger partial charge in [0.25, 0.3) is 0 Å². The Balaban J connectivity index is 1.65. The molecule has 0 aliphatic heterocycles. The van der Waals surface area contributed by atoms with E-state index in [0.717, 1.165) is 0 Å². The first-order valence-electron chi connectivity index (χ1n) is 10.6. The van der Waals surface area contributed by atoms with E-state index >= 15 is 0 Å². The van der Waals surface area contributed by atoms with Crippen molar-refractivity contribution in [3.63, 3.8) is 0 Å². The van der Waals surface area contributed by atoms with E-state index in [2.05, 4.69) is 71.1 Å². The van der Waals surface area contributed by atoms with Crippen LogP contribution in [0.3, 0.4) is 0 Å². The molecule has 2 atom stereocenters. The number of aromatic nitrogens is 1. The summed E-state index contributed by atoms with van der Waals surface area (Å²) in [6, 6.07) is 18.9. The third-order valence-corrected chi connectivity index (χ3v) is 6.49. The van der Waals surface area contributed by atoms with Crippen LogP contribution in [-0.4, -0.2) is 16.3 Å². The van der Waals surface area contributed by atoms with Gasteiger partial charge in [-0.3, -0.25) is 0 Å². The molecule has 2 heteroatoms. The molecule has 0 amide bonds. The first kappa shape index (κ1) is 16.8. The molecule has 1 aromatic heterocycles. The van der Waals surface area contributed by atoms with Crippen LogP contribution in [-0.2, 0) is 0 Å². The van der Waals surface area contributed by atoms with Gasteiger partial charge in [0.15, 0.2) is 11.8 Å². The van der Waals surface area contributed by atoms with Crippen LogP contribution in [0, 0.1) is 0 Å². The smallest absolute Gasteiger partial charge is 0.174 e. The molecular formula is C25H29N2+. The van der Waals surface area contributed by atoms with E-state index in [1.54, 1.807) is 0 Å². The molecule has 0 spiro atoms. The topological polar surface area (TPSA) is 18.9 Å². The van der Waals surface area contributed by atoms with Crippen molar-refractivity contribution in [2.24, 2.45) is 0 Å². The van der Waals surface area contributed by atoms with Gasteiger partial charge in [-0.25, -0.2) is 4.99 Å². The maximum atomic E-state index is 3.98. The fourth-order valence-electron chi connectivity index (χ4n) is 5.25. The molecule has 1 N–H and O–H groups in total. The Morgan fingerprint density at radius 1 is 0.815 bits per heavy atom. The Morgan fingerprint density at radius 3 is 2.19 bits per heavy atom. The second-order valence-electron chi connectivity index (χ2n) is 8.38. The van der Waals surface area contributed by atoms with Crippen LogP contribution in [0.5, 0.6) is 0 Å². The molecule has 1 heterocycles. The summed E-state index contributed by atoms with van der Waals surface area (Å²) >= 11 is 0. The second kappa shape index (κ2) is 6.99. The van der Waals surface area contributed by atoms with Gasteiger partial charge in [0, 0.05) is 40.7 Å². The molecule has 3 aromatic rings. The number of hydrogen-bond donors (Lipinski definition) is 1. The monoisotopic (exact) mass is 357 g/mol. The molecular weight excluding hydrogens is 328 g/mol. The van der Waals surface area contributed by atoms with Crippen molar-refractivity contribution in [2.45, 2.75) is 64.0 Å². The minimum atomic E-state index is 0.520. The van der Waals surface area contributed by atoms with Crippen LogP contribution < -0.4 is 4.99 Å². The van der Waals surface area contributed by atoms with E-state index in [1.165, 1.54) is 78.0 Å². The Morgan fingerprint density at radius 2 is 1.48 bits per heavy atom. The summed E-state index contributed by atoms with van der Waals surface area (Å²) in [5.41, 5.74) is 5.75. The first-order chi connectivity index (χ1) is 13.3. The highest BCUT2D eigenvalue weighted by Gasteiger charge is 2.33. The van der Waals surface area contributed by atoms with Crippen LogP contribution in [0.15, 0.2) is 60.2 Å². The Kier molecular flexibility index (Phi) is 4.35. The maximum Gasteiger partial charge on any atom is 0.174 e. The van der Waals surface area contributed by atoms with Gasteiger partial charge in [-0.15, -0.1) is 0 Å². The molecule has 2 aliphatic carbocycles. The fourth-order valence-corrected chi connectivity index (χ4v) is 5.25. The van der Waals surface area contributed by atoms with Crippen molar-refractivity contribution >= 4 is 27.5 Å². The van der Waals surface area contributed by atoms with Crippen LogP contribution >= 0.6 is 0 Å². The van der Waals surface area contributed by atoms with Gasteiger partial charge in [-0.1, -0.05) is 48.4 Å². The van der Waals surface area contributed by atoms with Crippen LogP contribution in [0.2, 0.25) is 0 Å². The van der Waals surface area contributed by atoms with E-state index in [4.69, 9.17) is 0 Å². The summed E-state index contributed by atoms with van der Waals surface area (Å²) in [6.45, 7) is 2.27. The maximum absolute atomic E-state index is 3.98. The number of nitrogens with one attached hydrogen (secondary N) is 1. The summed E-state index contributed by atoms with van der Waals surface area (Å²) in [6.07, 6.45) is 11.3. The molecule has 2 aromatic carbocycles. The summed E-state index contributed by atoms with van der Waals surface area (Å²) in [5, 5.41) is 2.77. The number of nitrogens with zero attached hydrogens (tertiary/aromatic N) is 1. The minimum absolute atomic E-state index is 0.520. The SMILES string of the molecule is CC1=CC(=[NH+][C@H]2CCCC[C@@H]2n2c3ccccc3c3ccccc32)CCC1. The molecule has 5 rings (SSSR count). The summed E-state index contributed by atoms with van der Waals surface area (Å²) in [5.74, 6) is 0. The predicted octanol–water partition coefficient (Wildman–Crippen LogP) is 4.93. The van der Waals surface area contributed by atoms with Crippen LogP contribution in [0.1, 0.15) is 57.9 Å². The van der Waals surface area contributed by atoms with Crippen molar-refractivity contribution in [2.75, 3.05) is 0 Å². The average molecular weight is 358 g/mol. The largest absolute Gasteiger partial charge is 0.331 e. The third kappa shape index (κ3) is 3.01. The predicted molar refractivity (Wildman–Crippen MR) is 114 cm³/mol. The van der Waals surface area contributed by atoms with Gasteiger partial charge in [-0.05, 0) is 44.7 Å². The lowest BCUT2D eigenvalue weighted by Crippen LogP contribution is -2.81. The molecule has 138 valence electrons. The van der Waals surface area contributed by atoms with E-state index < -0.39 is 0 Å². The van der Waals surface area contributed by atoms with Crippen LogP contribution in [0.4, 0.5) is 0 Å². The van der Waals surface area contributed by atoms with Crippen molar-refractivity contribution in [3.05, 3.63) is 60.2 Å². The summed E-state index contributed by atoms with van der Waals surface area (Å²) in [4.78, 5) is 3.98. The number of allylic oxidation sites excluding steroid dienone is 2. The molecule has 0 bridgehead atoms. The van der Waals surface area contributed by atoms with E-state index in [1.807, 2.05) is 0 Å². The van der Waals surface area contributed by atoms with Gasteiger partial charge in [0.2, 0.25) is 0 Å². The second-order valence-corrected chi connectivity index (χ2v) is 8.38. The van der Waals surface area contributed by atoms with Crippen molar-refractivity contribution in [1.82, 2.24) is 4.57 Å². The lowest BCUT2D eigenvalue weighted by atomic mass is 9.89. The molecule has 0 saturated heterocycles.